The average molecular weight is 444 g/mol. The topological polar surface area (TPSA) is 76.6 Å². The third-order valence-corrected chi connectivity index (χ3v) is 8.31. The van der Waals surface area contributed by atoms with Gasteiger partial charge in [0.15, 0.2) is 0 Å². The van der Waals surface area contributed by atoms with E-state index < -0.39 is 8.07 Å². The zero-order chi connectivity index (χ0) is 21.8. The summed E-state index contributed by atoms with van der Waals surface area (Å²) in [6, 6.07) is 3.75. The van der Waals surface area contributed by atoms with Gasteiger partial charge in [-0.15, -0.1) is 0 Å². The molecule has 0 amide bonds. The van der Waals surface area contributed by atoms with E-state index in [9.17, 15) is 5.11 Å². The van der Waals surface area contributed by atoms with Gasteiger partial charge in [0.2, 0.25) is 0 Å². The molecule has 1 aliphatic heterocycles. The second-order valence-corrected chi connectivity index (χ2v) is 15.8. The van der Waals surface area contributed by atoms with Crippen molar-refractivity contribution in [2.75, 3.05) is 18.5 Å². The van der Waals surface area contributed by atoms with Crippen LogP contribution in [0, 0.1) is 5.92 Å². The summed E-state index contributed by atoms with van der Waals surface area (Å²) in [6.07, 6.45) is 13.6. The first-order valence-corrected chi connectivity index (χ1v) is 15.3. The van der Waals surface area contributed by atoms with Gasteiger partial charge in [-0.3, -0.25) is 9.67 Å². The van der Waals surface area contributed by atoms with Gasteiger partial charge in [0.05, 0.1) is 18.6 Å². The van der Waals surface area contributed by atoms with Crippen LogP contribution in [0.4, 0.5) is 5.82 Å². The molecule has 2 aliphatic rings. The van der Waals surface area contributed by atoms with Crippen molar-refractivity contribution in [2.24, 2.45) is 10.9 Å². The van der Waals surface area contributed by atoms with Crippen LogP contribution in [0.2, 0.25) is 25.7 Å². The molecule has 1 unspecified atom stereocenters. The molecule has 0 aromatic carbocycles. The molecule has 2 N–H and O–H groups in total. The Morgan fingerprint density at radius 3 is 2.77 bits per heavy atom. The predicted molar refractivity (Wildman–Crippen MR) is 127 cm³/mol. The number of aliphatic hydroxyl groups is 1. The minimum Gasteiger partial charge on any atom is -0.396 e. The molecule has 2 aromatic rings. The molecular weight excluding hydrogens is 406 g/mol. The zero-order valence-corrected chi connectivity index (χ0v) is 20.1. The molecule has 4 rings (SSSR count). The Balaban J connectivity index is 1.39. The molecule has 0 bridgehead atoms. The average Bonchev–Trinajstić information content (AvgIpc) is 3.39. The Bertz CT molecular complexity index is 877. The van der Waals surface area contributed by atoms with Crippen molar-refractivity contribution in [2.45, 2.75) is 76.6 Å². The molecule has 0 radical (unpaired) electrons. The number of aliphatic imine (C=N–C) groups is 1. The predicted octanol–water partition coefficient (Wildman–Crippen LogP) is 4.65. The highest BCUT2D eigenvalue weighted by molar-refractivity contribution is 6.76. The van der Waals surface area contributed by atoms with E-state index in [1.165, 1.54) is 24.4 Å². The van der Waals surface area contributed by atoms with E-state index in [1.807, 2.05) is 6.20 Å². The van der Waals surface area contributed by atoms with E-state index in [4.69, 9.17) is 14.8 Å². The monoisotopic (exact) mass is 443 g/mol. The highest BCUT2D eigenvalue weighted by Crippen LogP contribution is 2.37. The number of nitrogens with zero attached hydrogens (tertiary/aromatic N) is 4. The van der Waals surface area contributed by atoms with Crippen molar-refractivity contribution in [3.8, 4) is 0 Å². The van der Waals surface area contributed by atoms with Crippen LogP contribution in [0.5, 0.6) is 0 Å². The van der Waals surface area contributed by atoms with Crippen molar-refractivity contribution < 1.29 is 9.84 Å². The fraction of sp³-hybridized carbons (Fsp3) is 0.652. The summed E-state index contributed by atoms with van der Waals surface area (Å²) in [6.45, 7) is 8.80. The van der Waals surface area contributed by atoms with Crippen molar-refractivity contribution in [1.82, 2.24) is 14.3 Å². The number of nitrogens with one attached hydrogen (secondary N) is 1. The highest BCUT2D eigenvalue weighted by Gasteiger charge is 2.26. The van der Waals surface area contributed by atoms with Gasteiger partial charge in [-0.2, -0.15) is 5.10 Å². The number of anilines is 1. The molecule has 0 saturated heterocycles. The molecule has 170 valence electrons. The van der Waals surface area contributed by atoms with E-state index in [2.05, 4.69) is 52.7 Å². The molecule has 1 fully saturated rings. The molecule has 0 spiro atoms. The maximum absolute atomic E-state index is 9.18. The van der Waals surface area contributed by atoms with Crippen LogP contribution in [-0.4, -0.2) is 47.1 Å². The number of rotatable bonds is 9. The summed E-state index contributed by atoms with van der Waals surface area (Å²) in [5, 5.41) is 17.2. The van der Waals surface area contributed by atoms with E-state index in [0.717, 1.165) is 37.3 Å². The van der Waals surface area contributed by atoms with Crippen LogP contribution in [0.1, 0.15) is 55.3 Å². The minimum atomic E-state index is -1.07. The van der Waals surface area contributed by atoms with Gasteiger partial charge in [-0.25, -0.2) is 0 Å². The number of ether oxygens (including phenoxy) is 1. The quantitative estimate of drug-likeness (QED) is 0.437. The van der Waals surface area contributed by atoms with Crippen molar-refractivity contribution in [3.63, 3.8) is 0 Å². The Kier molecular flexibility index (Phi) is 6.98. The van der Waals surface area contributed by atoms with E-state index in [-0.39, 0.29) is 6.04 Å². The summed E-state index contributed by atoms with van der Waals surface area (Å²) in [5.41, 5.74) is 2.30. The molecule has 8 heteroatoms. The van der Waals surface area contributed by atoms with Gasteiger partial charge in [0.25, 0.3) is 0 Å². The van der Waals surface area contributed by atoms with Crippen molar-refractivity contribution in [1.29, 1.82) is 0 Å². The lowest BCUT2D eigenvalue weighted by atomic mass is 9.84. The van der Waals surface area contributed by atoms with Gasteiger partial charge in [0, 0.05) is 44.8 Å². The standard InChI is InChI=1S/C23H37N5O2Si/c1-31(2,3)13-12-30-17-27-10-8-21-22(24-16-25-23(21)27)19-14-26-28(15-19)20-6-4-18(5-7-20)9-11-29/h8,10,14-16,18,20,22,29H,4-7,9,11-13,17H2,1-3H3,(H,24,25). The molecule has 1 aliphatic carbocycles. The summed E-state index contributed by atoms with van der Waals surface area (Å²) in [5.74, 6) is 1.73. The summed E-state index contributed by atoms with van der Waals surface area (Å²) < 4.78 is 10.2. The van der Waals surface area contributed by atoms with Gasteiger partial charge in [0.1, 0.15) is 18.6 Å². The summed E-state index contributed by atoms with van der Waals surface area (Å²) >= 11 is 0. The molecule has 31 heavy (non-hydrogen) atoms. The van der Waals surface area contributed by atoms with Crippen molar-refractivity contribution in [3.05, 3.63) is 35.8 Å². The maximum atomic E-state index is 9.18. The Morgan fingerprint density at radius 2 is 2.03 bits per heavy atom. The Hall–Kier alpha value is -1.90. The second-order valence-electron chi connectivity index (χ2n) is 10.2. The van der Waals surface area contributed by atoms with E-state index in [1.54, 1.807) is 6.34 Å². The SMILES string of the molecule is C[Si](C)(C)CCOCn1ccc2c1NC=NC2c1cnn(C2CCC(CCO)CC2)c1. The number of fused-ring (bicyclic) bond motifs is 1. The van der Waals surface area contributed by atoms with E-state index in [0.29, 0.717) is 25.3 Å². The highest BCUT2D eigenvalue weighted by atomic mass is 28.3. The zero-order valence-electron chi connectivity index (χ0n) is 19.1. The molecule has 3 heterocycles. The van der Waals surface area contributed by atoms with Gasteiger partial charge in [-0.05, 0) is 50.1 Å². The number of hydrogen-bond acceptors (Lipinski definition) is 5. The number of hydrogen-bond donors (Lipinski definition) is 2. The third kappa shape index (κ3) is 5.48. The molecule has 1 saturated carbocycles. The van der Waals surface area contributed by atoms with Crippen LogP contribution in [0.3, 0.4) is 0 Å². The van der Waals surface area contributed by atoms with Crippen LogP contribution in [0.25, 0.3) is 0 Å². The van der Waals surface area contributed by atoms with Crippen molar-refractivity contribution >= 4 is 20.2 Å². The fourth-order valence-electron chi connectivity index (χ4n) is 4.62. The van der Waals surface area contributed by atoms with Crippen LogP contribution in [-0.2, 0) is 11.5 Å². The van der Waals surface area contributed by atoms with Gasteiger partial charge < -0.3 is 19.7 Å². The Labute approximate surface area is 186 Å². The van der Waals surface area contributed by atoms with E-state index >= 15 is 0 Å². The lowest BCUT2D eigenvalue weighted by Crippen LogP contribution is -2.22. The summed E-state index contributed by atoms with van der Waals surface area (Å²) in [4.78, 5) is 4.71. The minimum absolute atomic E-state index is 0.0287. The second kappa shape index (κ2) is 9.71. The fourth-order valence-corrected chi connectivity index (χ4v) is 5.38. The number of aromatic nitrogens is 3. The normalized spacial score (nSPS) is 23.5. The summed E-state index contributed by atoms with van der Waals surface area (Å²) in [7, 11) is -1.07. The first-order chi connectivity index (χ1) is 14.9. The smallest absolute Gasteiger partial charge is 0.124 e. The molecule has 1 atom stereocenters. The van der Waals surface area contributed by atoms with Gasteiger partial charge in [-0.1, -0.05) is 19.6 Å². The first kappa shape index (κ1) is 22.3. The van der Waals surface area contributed by atoms with Crippen LogP contribution in [0.15, 0.2) is 29.6 Å². The third-order valence-electron chi connectivity index (χ3n) is 6.61. The largest absolute Gasteiger partial charge is 0.396 e. The van der Waals surface area contributed by atoms with Crippen LogP contribution >= 0.6 is 0 Å². The molecule has 2 aromatic heterocycles. The number of aliphatic hydroxyl groups excluding tert-OH is 1. The van der Waals surface area contributed by atoms with Gasteiger partial charge >= 0.3 is 0 Å². The lowest BCUT2D eigenvalue weighted by molar-refractivity contribution is 0.0888. The Morgan fingerprint density at radius 1 is 1.23 bits per heavy atom. The molecule has 7 nitrogen and oxygen atoms in total. The maximum Gasteiger partial charge on any atom is 0.124 e. The van der Waals surface area contributed by atoms with Crippen LogP contribution < -0.4 is 5.32 Å². The molecular formula is C23H37N5O2Si. The first-order valence-electron chi connectivity index (χ1n) is 11.6. The lowest BCUT2D eigenvalue weighted by Gasteiger charge is -2.28.